The maximum atomic E-state index is 14.9. The monoisotopic (exact) mass is 1200 g/mol. The van der Waals surface area contributed by atoms with Gasteiger partial charge in [0.15, 0.2) is 18.3 Å². The number of likely N-dealkylation sites (tertiary alicyclic amines) is 1. The summed E-state index contributed by atoms with van der Waals surface area (Å²) in [4.78, 5) is 92.7. The molecule has 0 radical (unpaired) electrons. The summed E-state index contributed by atoms with van der Waals surface area (Å²) in [6, 6.07) is 36.2. The smallest absolute Gasteiger partial charge is 0.335 e. The number of amides is 4. The Morgan fingerprint density at radius 2 is 1.40 bits per heavy atom. The van der Waals surface area contributed by atoms with Gasteiger partial charge in [0.05, 0.1) is 68.9 Å². The number of nitrogens with zero attached hydrogens (tertiary/aromatic N) is 4. The number of hydrogen-bond donors (Lipinski definition) is 7. The van der Waals surface area contributed by atoms with E-state index in [9.17, 15) is 54.0 Å². The summed E-state index contributed by atoms with van der Waals surface area (Å²) in [7, 11) is 1.74. The summed E-state index contributed by atoms with van der Waals surface area (Å²) in [6.45, 7) is 5.41. The lowest BCUT2D eigenvalue weighted by Crippen LogP contribution is -2.61. The molecule has 88 heavy (non-hydrogen) atoms. The highest BCUT2D eigenvalue weighted by molar-refractivity contribution is 6.25. The summed E-state index contributed by atoms with van der Waals surface area (Å²) < 4.78 is 33.0. The number of ketones is 1. The van der Waals surface area contributed by atoms with E-state index in [4.69, 9.17) is 29.4 Å². The number of aromatic nitrogens is 3. The van der Waals surface area contributed by atoms with Gasteiger partial charge >= 0.3 is 5.97 Å². The molecule has 0 saturated carbocycles. The highest BCUT2D eigenvalue weighted by atomic mass is 16.7. The first kappa shape index (κ1) is 63.3. The lowest BCUT2D eigenvalue weighted by atomic mass is 9.91. The van der Waals surface area contributed by atoms with Crippen LogP contribution in [0.4, 0.5) is 11.4 Å². The predicted octanol–water partition coefficient (Wildman–Crippen LogP) is 4.10. The maximum Gasteiger partial charge on any atom is 0.335 e. The molecule has 1 fully saturated rings. The minimum Gasteiger partial charge on any atom is -0.479 e. The predicted molar refractivity (Wildman–Crippen MR) is 322 cm³/mol. The van der Waals surface area contributed by atoms with E-state index in [1.54, 1.807) is 42.1 Å². The first-order valence-electron chi connectivity index (χ1n) is 28.3. The average Bonchev–Trinajstić information content (AvgIpc) is 1.59. The molecule has 23 heteroatoms. The number of anilines is 2. The largest absolute Gasteiger partial charge is 0.479 e. The number of carboxylic acids is 1. The first-order chi connectivity index (χ1) is 41.9. The standard InChI is InChI=1S/C64H65N7O16.CH3/c1-36-14-19-43(55(74)52-54(39-10-6-4-7-11-39)68(3)71(62(52)80)42-12-8-5-9-13-42)53(65)51(36)41-18-20-47-40(33-41)17-15-37(2)70(47)35-38-16-21-48(86-64-58(77)56(75)57(76)59(87-64)63(81)82)46(32-38)67-50(73)22-24-66-49(72)23-26-83-28-30-85-31-29-84-27-25-69-60(78)44-34-45(44)61(69)79;/h4-21,32-33,56-59,64,75-77H,22-31,34-35H2,1-3H3,(H4-,65,66,67,72,73,74,81,82);1H3/q;-1/p+1/t56-,57-,58+,59-,64+;/m0./s1. The fraction of sp³-hybridized carbons (Fsp3) is 0.308. The van der Waals surface area contributed by atoms with Crippen LogP contribution in [0.5, 0.6) is 5.75 Å². The van der Waals surface area contributed by atoms with E-state index < -0.39 is 53.9 Å². The molecule has 3 aliphatic rings. The molecule has 5 atom stereocenters. The molecule has 460 valence electrons. The molecule has 0 bridgehead atoms. The van der Waals surface area contributed by atoms with Crippen LogP contribution in [0.1, 0.15) is 52.0 Å². The van der Waals surface area contributed by atoms with E-state index in [1.807, 2.05) is 103 Å². The Hall–Kier alpha value is -9.20. The number of rotatable bonds is 26. The van der Waals surface area contributed by atoms with Gasteiger partial charge in [-0.1, -0.05) is 54.6 Å². The molecule has 8 N–H and O–H groups in total. The van der Waals surface area contributed by atoms with Gasteiger partial charge < -0.3 is 67.9 Å². The number of benzene rings is 5. The maximum absolute atomic E-state index is 14.9. The van der Waals surface area contributed by atoms with Crippen LogP contribution in [0.2, 0.25) is 0 Å². The second-order valence-electron chi connectivity index (χ2n) is 21.3. The number of imide groups is 1. The van der Waals surface area contributed by atoms with Crippen molar-refractivity contribution in [2.75, 3.05) is 63.8 Å². The zero-order chi connectivity index (χ0) is 61.6. The van der Waals surface area contributed by atoms with Crippen molar-refractivity contribution in [1.29, 1.82) is 0 Å². The van der Waals surface area contributed by atoms with Gasteiger partial charge in [-0.15, -0.1) is 0 Å². The van der Waals surface area contributed by atoms with Gasteiger partial charge in [-0.25, -0.2) is 9.48 Å². The molecule has 1 aliphatic carbocycles. The third kappa shape index (κ3) is 13.5. The Bertz CT molecular complexity index is 3880. The summed E-state index contributed by atoms with van der Waals surface area (Å²) in [5, 5.41) is 47.7. The molecular formula is C65H69N7O16. The van der Waals surface area contributed by atoms with E-state index in [2.05, 4.69) is 10.6 Å². The van der Waals surface area contributed by atoms with Crippen LogP contribution in [0.3, 0.4) is 0 Å². The number of fused-ring (bicyclic) bond motifs is 1. The number of piperidine rings is 1. The quantitative estimate of drug-likeness (QED) is 0.0100. The van der Waals surface area contributed by atoms with E-state index in [0.29, 0.717) is 51.2 Å². The van der Waals surface area contributed by atoms with Crippen molar-refractivity contribution in [1.82, 2.24) is 19.6 Å². The van der Waals surface area contributed by atoms with Crippen molar-refractivity contribution in [3.05, 3.63) is 178 Å². The average molecular weight is 1200 g/mol. The molecular weight excluding hydrogens is 1130 g/mol. The van der Waals surface area contributed by atoms with Crippen LogP contribution < -0.4 is 31.2 Å². The number of aliphatic carboxylic acids is 1. The van der Waals surface area contributed by atoms with Crippen LogP contribution in [0.25, 0.3) is 39.0 Å². The van der Waals surface area contributed by atoms with E-state index in [-0.39, 0.29) is 126 Å². The summed E-state index contributed by atoms with van der Waals surface area (Å²) in [5.41, 5.74) is 14.2. The lowest BCUT2D eigenvalue weighted by Gasteiger charge is -2.38. The van der Waals surface area contributed by atoms with Crippen LogP contribution in [0, 0.1) is 21.3 Å². The van der Waals surface area contributed by atoms with Crippen LogP contribution >= 0.6 is 0 Å². The number of aryl methyl sites for hydroxylation is 2. The molecule has 2 aliphatic heterocycles. The number of aliphatic hydroxyl groups excluding tert-OH is 3. The molecule has 7 aromatic rings. The molecule has 0 spiro atoms. The second-order valence-corrected chi connectivity index (χ2v) is 21.3. The summed E-state index contributed by atoms with van der Waals surface area (Å²) in [6.07, 6.45) is -9.29. The lowest BCUT2D eigenvalue weighted by molar-refractivity contribution is -0.668. The molecule has 4 heterocycles. The number of carbonyl (C=O) groups excluding carboxylic acids is 5. The van der Waals surface area contributed by atoms with Crippen molar-refractivity contribution >= 4 is 57.7 Å². The zero-order valence-electron chi connectivity index (χ0n) is 49.0. The van der Waals surface area contributed by atoms with Gasteiger partial charge in [-0.2, -0.15) is 4.57 Å². The molecule has 5 aromatic carbocycles. The molecule has 23 nitrogen and oxygen atoms in total. The van der Waals surface area contributed by atoms with Gasteiger partial charge in [-0.05, 0) is 72.6 Å². The minimum absolute atomic E-state index is 0. The van der Waals surface area contributed by atoms with Crippen molar-refractivity contribution < 1.29 is 77.4 Å². The number of nitrogen functional groups attached to an aromatic ring is 1. The Morgan fingerprint density at radius 3 is 2.09 bits per heavy atom. The number of ether oxygens (including phenoxy) is 5. The fourth-order valence-corrected chi connectivity index (χ4v) is 10.8. The van der Waals surface area contributed by atoms with Gasteiger partial charge in [0.2, 0.25) is 29.4 Å². The number of nitrogens with two attached hydrogens (primary N) is 1. The van der Waals surface area contributed by atoms with Crippen LogP contribution in [-0.2, 0) is 56.5 Å². The summed E-state index contributed by atoms with van der Waals surface area (Å²) >= 11 is 0. The highest BCUT2D eigenvalue weighted by Crippen LogP contribution is 2.40. The number of aliphatic hydroxyl groups is 3. The third-order valence-corrected chi connectivity index (χ3v) is 15.4. The Morgan fingerprint density at radius 1 is 0.727 bits per heavy atom. The van der Waals surface area contributed by atoms with E-state index in [0.717, 1.165) is 22.2 Å². The molecule has 4 amide bonds. The molecule has 0 unspecified atom stereocenters. The number of pyridine rings is 1. The fourth-order valence-electron chi connectivity index (χ4n) is 10.8. The van der Waals surface area contributed by atoms with Crippen LogP contribution in [-0.4, -0.2) is 154 Å². The number of carbonyl (C=O) groups is 6. The van der Waals surface area contributed by atoms with Crippen molar-refractivity contribution in [3.63, 3.8) is 0 Å². The molecule has 2 aromatic heterocycles. The van der Waals surface area contributed by atoms with Gasteiger partial charge in [0.1, 0.15) is 29.6 Å². The van der Waals surface area contributed by atoms with Crippen molar-refractivity contribution in [2.24, 2.45) is 7.05 Å². The number of hydrogen-bond acceptors (Lipinski definition) is 16. The van der Waals surface area contributed by atoms with Gasteiger partial charge in [0, 0.05) is 90.7 Å². The molecule has 10 rings (SSSR count). The Kier molecular flexibility index (Phi) is 19.9. The topological polar surface area (TPSA) is 314 Å². The highest BCUT2D eigenvalue weighted by Gasteiger charge is 2.49. The third-order valence-electron chi connectivity index (χ3n) is 15.4. The van der Waals surface area contributed by atoms with Gasteiger partial charge in [-0.3, -0.25) is 38.3 Å². The number of carboxylic acid groups (broad SMARTS) is 1. The van der Waals surface area contributed by atoms with Gasteiger partial charge in [0.25, 0.3) is 17.4 Å². The van der Waals surface area contributed by atoms with E-state index in [1.165, 1.54) is 15.6 Å². The summed E-state index contributed by atoms with van der Waals surface area (Å²) in [5.74, 6) is -3.63. The first-order valence-corrected chi connectivity index (χ1v) is 28.3. The SMILES string of the molecule is Cc1ccc(C(=O)c2c(-c3ccccc3)n(C)n(-c3ccccc3)c2=O)c(N)c1-c1ccc2c(ccc(C)[n+]2Cc2ccc(O[C@@H]3O[C@H](C(=O)O)[C@@H](O)[C@H](O)[C@H]3O)c(NC(=O)CCNC(=O)CCOCCOCCOCCN3C(=O)C4=C(C4)C3=O)c2)c1.[CH3-]. The Balaban J connectivity index is 0.00000922. The molecule has 1 saturated heterocycles. The van der Waals surface area contributed by atoms with Crippen LogP contribution in [0.15, 0.2) is 137 Å². The minimum atomic E-state index is -1.97. The number of nitrogens with one attached hydrogen (secondary N) is 2. The zero-order valence-corrected chi connectivity index (χ0v) is 49.0. The van der Waals surface area contributed by atoms with Crippen molar-refractivity contribution in [2.45, 2.75) is 70.4 Å². The number of para-hydroxylation sites is 1. The second kappa shape index (κ2) is 27.7. The van der Waals surface area contributed by atoms with E-state index >= 15 is 0 Å². The normalized spacial score (nSPS) is 17.8. The van der Waals surface area contributed by atoms with Crippen molar-refractivity contribution in [3.8, 4) is 33.8 Å². The Labute approximate surface area is 506 Å².